The monoisotopic (exact) mass is 367 g/mol. The van der Waals surface area contributed by atoms with Gasteiger partial charge in [0.2, 0.25) is 5.91 Å². The van der Waals surface area contributed by atoms with Crippen LogP contribution in [0.3, 0.4) is 0 Å². The Morgan fingerprint density at radius 1 is 1.19 bits per heavy atom. The summed E-state index contributed by atoms with van der Waals surface area (Å²) in [6, 6.07) is 16.4. The average molecular weight is 367 g/mol. The van der Waals surface area contributed by atoms with Crippen molar-refractivity contribution < 1.29 is 9.90 Å². The second kappa shape index (κ2) is 8.12. The Balaban J connectivity index is 1.62. The van der Waals surface area contributed by atoms with E-state index in [4.69, 9.17) is 5.73 Å². The maximum Gasteiger partial charge on any atom is 0.232 e. The molecule has 5 nitrogen and oxygen atoms in total. The van der Waals surface area contributed by atoms with E-state index in [9.17, 15) is 9.90 Å². The van der Waals surface area contributed by atoms with Gasteiger partial charge in [0.1, 0.15) is 10.8 Å². The van der Waals surface area contributed by atoms with Crippen molar-refractivity contribution in [3.63, 3.8) is 0 Å². The van der Waals surface area contributed by atoms with Crippen LogP contribution in [0.2, 0.25) is 0 Å². The lowest BCUT2D eigenvalue weighted by molar-refractivity contribution is -0.117. The lowest BCUT2D eigenvalue weighted by Crippen LogP contribution is -2.27. The van der Waals surface area contributed by atoms with Crippen LogP contribution in [0, 0.1) is 0 Å². The third-order valence-corrected chi connectivity index (χ3v) is 5.15. The molecule has 0 radical (unpaired) electrons. The highest BCUT2D eigenvalue weighted by Crippen LogP contribution is 2.22. The number of hydrogen-bond donors (Lipinski definition) is 2. The summed E-state index contributed by atoms with van der Waals surface area (Å²) in [5.74, 6) is 0.107. The highest BCUT2D eigenvalue weighted by molar-refractivity contribution is 7.09. The molecule has 2 aromatic carbocycles. The first-order valence-electron chi connectivity index (χ1n) is 8.32. The second-order valence-electron chi connectivity index (χ2n) is 6.12. The summed E-state index contributed by atoms with van der Waals surface area (Å²) in [5.41, 5.74) is 8.88. The van der Waals surface area contributed by atoms with Crippen LogP contribution in [0.5, 0.6) is 5.75 Å². The molecular weight excluding hydrogens is 346 g/mol. The molecule has 1 heterocycles. The molecule has 0 aliphatic heterocycles. The van der Waals surface area contributed by atoms with Gasteiger partial charge in [-0.15, -0.1) is 11.3 Å². The van der Waals surface area contributed by atoms with Crippen LogP contribution in [-0.4, -0.2) is 23.0 Å². The van der Waals surface area contributed by atoms with Crippen molar-refractivity contribution in [1.29, 1.82) is 0 Å². The van der Waals surface area contributed by atoms with E-state index >= 15 is 0 Å². The van der Waals surface area contributed by atoms with Gasteiger partial charge < -0.3 is 15.7 Å². The number of benzene rings is 2. The summed E-state index contributed by atoms with van der Waals surface area (Å²) in [5, 5.41) is 12.1. The highest BCUT2D eigenvalue weighted by Gasteiger charge is 2.16. The third kappa shape index (κ3) is 4.47. The van der Waals surface area contributed by atoms with E-state index < -0.39 is 0 Å². The van der Waals surface area contributed by atoms with Crippen molar-refractivity contribution >= 4 is 22.9 Å². The van der Waals surface area contributed by atoms with Gasteiger partial charge in [-0.2, -0.15) is 0 Å². The first kappa shape index (κ1) is 18.1. The number of phenolic OH excluding ortho intramolecular Hbond substituents is 1. The molecule has 134 valence electrons. The Morgan fingerprint density at radius 3 is 2.58 bits per heavy atom. The molecule has 0 bridgehead atoms. The first-order valence-corrected chi connectivity index (χ1v) is 9.20. The van der Waals surface area contributed by atoms with Crippen LogP contribution in [0.15, 0.2) is 60.0 Å². The second-order valence-corrected chi connectivity index (χ2v) is 7.01. The predicted octanol–water partition coefficient (Wildman–Crippen LogP) is 3.30. The molecule has 1 atom stereocenters. The van der Waals surface area contributed by atoms with Crippen molar-refractivity contribution in [3.8, 4) is 5.75 Å². The molecule has 3 aromatic rings. The van der Waals surface area contributed by atoms with Crippen LogP contribution in [0.4, 0.5) is 5.69 Å². The maximum atomic E-state index is 12.5. The number of hydrogen-bond acceptors (Lipinski definition) is 5. The van der Waals surface area contributed by atoms with Gasteiger partial charge in [0, 0.05) is 18.1 Å². The number of carbonyl (C=O) groups is 1. The fourth-order valence-electron chi connectivity index (χ4n) is 2.62. The fourth-order valence-corrected chi connectivity index (χ4v) is 3.44. The number of aromatic nitrogens is 1. The number of thiazole rings is 1. The molecule has 0 spiro atoms. The van der Waals surface area contributed by atoms with E-state index in [2.05, 4.69) is 4.98 Å². The SMILES string of the molecule is CN(C(=O)Cc1csc(C(N)Cc2ccccc2)n1)c1ccc(O)cc1. The lowest BCUT2D eigenvalue weighted by atomic mass is 10.1. The number of anilines is 1. The fraction of sp³-hybridized carbons (Fsp3) is 0.200. The normalized spacial score (nSPS) is 11.9. The summed E-state index contributed by atoms with van der Waals surface area (Å²) in [7, 11) is 1.71. The van der Waals surface area contributed by atoms with Gasteiger partial charge in [-0.1, -0.05) is 30.3 Å². The first-order chi connectivity index (χ1) is 12.5. The predicted molar refractivity (Wildman–Crippen MR) is 104 cm³/mol. The molecule has 0 saturated carbocycles. The maximum absolute atomic E-state index is 12.5. The number of phenols is 1. The molecule has 3 rings (SSSR count). The van der Waals surface area contributed by atoms with Crippen LogP contribution in [0.1, 0.15) is 22.3 Å². The topological polar surface area (TPSA) is 79.5 Å². The van der Waals surface area contributed by atoms with E-state index in [1.54, 1.807) is 36.2 Å². The molecule has 0 fully saturated rings. The van der Waals surface area contributed by atoms with Gasteiger partial charge >= 0.3 is 0 Å². The van der Waals surface area contributed by atoms with Crippen LogP contribution in [-0.2, 0) is 17.6 Å². The number of likely N-dealkylation sites (N-methyl/N-ethyl adjacent to an activating group) is 1. The molecule has 6 heteroatoms. The molecule has 1 amide bonds. The van der Waals surface area contributed by atoms with Gasteiger partial charge in [0.25, 0.3) is 0 Å². The van der Waals surface area contributed by atoms with Crippen molar-refractivity contribution in [1.82, 2.24) is 4.98 Å². The number of aromatic hydroxyl groups is 1. The van der Waals surface area contributed by atoms with Gasteiger partial charge in [-0.3, -0.25) is 4.79 Å². The zero-order valence-corrected chi connectivity index (χ0v) is 15.3. The molecule has 1 aromatic heterocycles. The van der Waals surface area contributed by atoms with E-state index in [-0.39, 0.29) is 24.1 Å². The van der Waals surface area contributed by atoms with Crippen LogP contribution in [0.25, 0.3) is 0 Å². The van der Waals surface area contributed by atoms with Gasteiger partial charge in [-0.25, -0.2) is 4.98 Å². The largest absolute Gasteiger partial charge is 0.508 e. The quantitative estimate of drug-likeness (QED) is 0.701. The summed E-state index contributed by atoms with van der Waals surface area (Å²) < 4.78 is 0. The zero-order valence-electron chi connectivity index (χ0n) is 14.5. The Kier molecular flexibility index (Phi) is 5.65. The van der Waals surface area contributed by atoms with Crippen molar-refractivity contribution in [2.45, 2.75) is 18.9 Å². The zero-order chi connectivity index (χ0) is 18.5. The molecule has 0 saturated heterocycles. The molecule has 1 unspecified atom stereocenters. The van der Waals surface area contributed by atoms with Gasteiger partial charge in [0.15, 0.2) is 0 Å². The summed E-state index contributed by atoms with van der Waals surface area (Å²) in [4.78, 5) is 18.6. The van der Waals surface area contributed by atoms with Crippen molar-refractivity contribution in [2.75, 3.05) is 11.9 Å². The van der Waals surface area contributed by atoms with Crippen LogP contribution >= 0.6 is 11.3 Å². The number of nitrogens with zero attached hydrogens (tertiary/aromatic N) is 2. The summed E-state index contributed by atoms with van der Waals surface area (Å²) in [6.45, 7) is 0. The van der Waals surface area contributed by atoms with E-state index in [0.717, 1.165) is 22.8 Å². The molecular formula is C20H21N3O2S. The Morgan fingerprint density at radius 2 is 1.88 bits per heavy atom. The lowest BCUT2D eigenvalue weighted by Gasteiger charge is -2.16. The minimum Gasteiger partial charge on any atom is -0.508 e. The van der Waals surface area contributed by atoms with Crippen molar-refractivity contribution in [2.24, 2.45) is 5.73 Å². The third-order valence-electron chi connectivity index (χ3n) is 4.13. The Labute approximate surface area is 156 Å². The summed E-state index contributed by atoms with van der Waals surface area (Å²) in [6.07, 6.45) is 0.932. The minimum absolute atomic E-state index is 0.0656. The smallest absolute Gasteiger partial charge is 0.232 e. The molecule has 0 aliphatic carbocycles. The Hall–Kier alpha value is -2.70. The number of rotatable bonds is 6. The van der Waals surface area contributed by atoms with E-state index in [1.165, 1.54) is 16.9 Å². The van der Waals surface area contributed by atoms with Gasteiger partial charge in [0.05, 0.1) is 18.2 Å². The number of carbonyl (C=O) groups excluding carboxylic acids is 1. The average Bonchev–Trinajstić information content (AvgIpc) is 3.11. The molecule has 26 heavy (non-hydrogen) atoms. The van der Waals surface area contributed by atoms with E-state index in [0.29, 0.717) is 0 Å². The number of nitrogens with two attached hydrogens (primary N) is 1. The van der Waals surface area contributed by atoms with Gasteiger partial charge in [-0.05, 0) is 36.2 Å². The molecule has 3 N–H and O–H groups in total. The van der Waals surface area contributed by atoms with Crippen LogP contribution < -0.4 is 10.6 Å². The van der Waals surface area contributed by atoms with E-state index in [1.807, 2.05) is 35.7 Å². The van der Waals surface area contributed by atoms with Crippen molar-refractivity contribution in [3.05, 3.63) is 76.2 Å². The standard InChI is InChI=1S/C20H21N3O2S/c1-23(16-7-9-17(24)10-8-16)19(25)12-15-13-26-20(22-15)18(21)11-14-5-3-2-4-6-14/h2-10,13,18,24H,11-12,21H2,1H3. The minimum atomic E-state index is -0.180. The highest BCUT2D eigenvalue weighted by atomic mass is 32.1. The summed E-state index contributed by atoms with van der Waals surface area (Å²) >= 11 is 1.49. The Bertz CT molecular complexity index is 862. The number of amides is 1. The molecule has 0 aliphatic rings.